The zero-order chi connectivity index (χ0) is 19.2. The van der Waals surface area contributed by atoms with Crippen molar-refractivity contribution < 1.29 is 17.8 Å². The summed E-state index contributed by atoms with van der Waals surface area (Å²) in [4.78, 5) is 11.8. The molecule has 5 heteroatoms. The number of Topliss-reactive ketones (excluding diaryl/α,β-unsaturated/α-hetero) is 1. The number of unbranched alkanes of at least 4 members (excludes halogenated alkanes) is 12. The van der Waals surface area contributed by atoms with Crippen LogP contribution in [0.3, 0.4) is 0 Å². The van der Waals surface area contributed by atoms with E-state index in [-0.39, 0.29) is 11.2 Å². The Morgan fingerprint density at radius 3 is 1.32 bits per heavy atom. The first-order chi connectivity index (χ1) is 11.6. The molecule has 0 heterocycles. The maximum Gasteiger partial charge on any atom is 0.264 e. The Hall–Kier alpha value is -0.420. The van der Waals surface area contributed by atoms with Gasteiger partial charge in [-0.25, -0.2) is 0 Å². The van der Waals surface area contributed by atoms with Crippen molar-refractivity contribution in [3.05, 3.63) is 0 Å². The lowest BCUT2D eigenvalue weighted by atomic mass is 9.88. The van der Waals surface area contributed by atoms with Crippen LogP contribution in [0.5, 0.6) is 0 Å². The number of carbonyl (C=O) groups is 1. The van der Waals surface area contributed by atoms with E-state index < -0.39 is 10.1 Å². The first kappa shape index (κ1) is 24.6. The zero-order valence-corrected chi connectivity index (χ0v) is 17.5. The molecule has 0 bridgehead atoms. The van der Waals surface area contributed by atoms with Gasteiger partial charge in [-0.05, 0) is 12.8 Å². The van der Waals surface area contributed by atoms with E-state index >= 15 is 0 Å². The van der Waals surface area contributed by atoms with Crippen molar-refractivity contribution in [2.24, 2.45) is 5.41 Å². The highest BCUT2D eigenvalue weighted by molar-refractivity contribution is 7.85. The van der Waals surface area contributed by atoms with Gasteiger partial charge in [0, 0.05) is 11.8 Å². The van der Waals surface area contributed by atoms with Crippen LogP contribution in [-0.2, 0) is 14.9 Å². The molecular weight excluding hydrogens is 336 g/mol. The smallest absolute Gasteiger partial charge is 0.264 e. The summed E-state index contributed by atoms with van der Waals surface area (Å²) in [5.41, 5.74) is -0.184. The molecule has 0 aromatic carbocycles. The Kier molecular flexibility index (Phi) is 13.5. The minimum atomic E-state index is -3.77. The van der Waals surface area contributed by atoms with Gasteiger partial charge in [-0.1, -0.05) is 91.4 Å². The molecule has 0 aliphatic carbocycles. The van der Waals surface area contributed by atoms with Gasteiger partial charge in [-0.3, -0.25) is 9.35 Å². The summed E-state index contributed by atoms with van der Waals surface area (Å²) in [6.07, 6.45) is 15.5. The second-order valence-electron chi connectivity index (χ2n) is 8.31. The van der Waals surface area contributed by atoms with Crippen LogP contribution in [0.15, 0.2) is 0 Å². The van der Waals surface area contributed by atoms with E-state index in [1.165, 1.54) is 51.4 Å². The van der Waals surface area contributed by atoms with E-state index in [4.69, 9.17) is 4.55 Å². The first-order valence-electron chi connectivity index (χ1n) is 10.1. The SMILES string of the molecule is CC(C)(C)C(=O)CCCCCCCCCCCCCCCS(=O)(=O)O. The Bertz CT molecular complexity index is 435. The molecule has 0 radical (unpaired) electrons. The predicted molar refractivity (Wildman–Crippen MR) is 106 cm³/mol. The Morgan fingerprint density at radius 1 is 0.680 bits per heavy atom. The summed E-state index contributed by atoms with van der Waals surface area (Å²) in [6, 6.07) is 0. The summed E-state index contributed by atoms with van der Waals surface area (Å²) in [6.45, 7) is 5.98. The maximum absolute atomic E-state index is 11.8. The highest BCUT2D eigenvalue weighted by atomic mass is 32.2. The highest BCUT2D eigenvalue weighted by Crippen LogP contribution is 2.19. The maximum atomic E-state index is 11.8. The lowest BCUT2D eigenvalue weighted by Gasteiger charge is -2.16. The van der Waals surface area contributed by atoms with Gasteiger partial charge in [-0.2, -0.15) is 8.42 Å². The molecular formula is C20H40O4S. The van der Waals surface area contributed by atoms with Crippen molar-refractivity contribution in [3.8, 4) is 0 Å². The van der Waals surface area contributed by atoms with E-state index in [0.29, 0.717) is 12.2 Å². The third-order valence-corrected chi connectivity index (χ3v) is 5.45. The van der Waals surface area contributed by atoms with Gasteiger partial charge in [-0.15, -0.1) is 0 Å². The van der Waals surface area contributed by atoms with Crippen molar-refractivity contribution in [2.45, 2.75) is 111 Å². The van der Waals surface area contributed by atoms with Crippen LogP contribution in [0, 0.1) is 5.41 Å². The number of hydrogen-bond acceptors (Lipinski definition) is 3. The largest absolute Gasteiger partial charge is 0.299 e. The molecule has 4 nitrogen and oxygen atoms in total. The van der Waals surface area contributed by atoms with Crippen molar-refractivity contribution in [3.63, 3.8) is 0 Å². The summed E-state index contributed by atoms with van der Waals surface area (Å²) in [7, 11) is -3.77. The van der Waals surface area contributed by atoms with Crippen molar-refractivity contribution >= 4 is 15.9 Å². The van der Waals surface area contributed by atoms with Gasteiger partial charge in [0.2, 0.25) is 0 Å². The van der Waals surface area contributed by atoms with Crippen molar-refractivity contribution in [1.82, 2.24) is 0 Å². The van der Waals surface area contributed by atoms with E-state index in [1.54, 1.807) is 0 Å². The average molecular weight is 377 g/mol. The van der Waals surface area contributed by atoms with Crippen LogP contribution in [-0.4, -0.2) is 24.5 Å². The first-order valence-corrected chi connectivity index (χ1v) is 11.7. The van der Waals surface area contributed by atoms with Gasteiger partial charge >= 0.3 is 0 Å². The Balaban J connectivity index is 3.21. The molecule has 0 spiro atoms. The molecule has 0 amide bonds. The number of carbonyl (C=O) groups excluding carboxylic acids is 1. The normalized spacial score (nSPS) is 12.5. The lowest BCUT2D eigenvalue weighted by molar-refractivity contribution is -0.126. The topological polar surface area (TPSA) is 71.4 Å². The fraction of sp³-hybridized carbons (Fsp3) is 0.950. The standard InChI is InChI=1S/C20H40O4S/c1-20(2,3)19(21)17-15-13-11-9-7-5-4-6-8-10-12-14-16-18-25(22,23)24/h4-18H2,1-3H3,(H,22,23,24). The van der Waals surface area contributed by atoms with Crippen molar-refractivity contribution in [1.29, 1.82) is 0 Å². The average Bonchev–Trinajstić information content (AvgIpc) is 2.48. The third kappa shape index (κ3) is 18.2. The van der Waals surface area contributed by atoms with Gasteiger partial charge in [0.25, 0.3) is 10.1 Å². The zero-order valence-electron chi connectivity index (χ0n) is 16.7. The number of hydrogen-bond donors (Lipinski definition) is 1. The molecule has 0 aliphatic heterocycles. The fourth-order valence-electron chi connectivity index (χ4n) is 2.89. The molecule has 0 atom stereocenters. The van der Waals surface area contributed by atoms with Gasteiger partial charge in [0.05, 0.1) is 5.75 Å². The molecule has 0 saturated carbocycles. The molecule has 0 unspecified atom stereocenters. The van der Waals surface area contributed by atoms with E-state index in [0.717, 1.165) is 32.1 Å². The highest BCUT2D eigenvalue weighted by Gasteiger charge is 2.19. The van der Waals surface area contributed by atoms with Gasteiger partial charge in [0.15, 0.2) is 0 Å². The molecule has 150 valence electrons. The summed E-state index contributed by atoms with van der Waals surface area (Å²) in [5.74, 6) is 0.280. The molecule has 0 aromatic rings. The summed E-state index contributed by atoms with van der Waals surface area (Å²) < 4.78 is 29.7. The predicted octanol–water partition coefficient (Wildman–Crippen LogP) is 5.95. The van der Waals surface area contributed by atoms with Crippen LogP contribution in [0.4, 0.5) is 0 Å². The van der Waals surface area contributed by atoms with E-state index in [9.17, 15) is 13.2 Å². The quantitative estimate of drug-likeness (QED) is 0.267. The molecule has 0 rings (SSSR count). The second-order valence-corrected chi connectivity index (χ2v) is 9.88. The van der Waals surface area contributed by atoms with Gasteiger partial charge in [0.1, 0.15) is 5.78 Å². The molecule has 0 fully saturated rings. The van der Waals surface area contributed by atoms with Gasteiger partial charge < -0.3 is 0 Å². The molecule has 0 saturated heterocycles. The third-order valence-electron chi connectivity index (χ3n) is 4.64. The van der Waals surface area contributed by atoms with Crippen LogP contribution in [0.25, 0.3) is 0 Å². The van der Waals surface area contributed by atoms with Crippen LogP contribution < -0.4 is 0 Å². The molecule has 1 N–H and O–H groups in total. The van der Waals surface area contributed by atoms with Crippen LogP contribution >= 0.6 is 0 Å². The van der Waals surface area contributed by atoms with E-state index in [2.05, 4.69) is 0 Å². The summed E-state index contributed by atoms with van der Waals surface area (Å²) >= 11 is 0. The number of rotatable bonds is 16. The summed E-state index contributed by atoms with van der Waals surface area (Å²) in [5, 5.41) is 0. The van der Waals surface area contributed by atoms with Crippen molar-refractivity contribution in [2.75, 3.05) is 5.75 Å². The minimum Gasteiger partial charge on any atom is -0.299 e. The monoisotopic (exact) mass is 376 g/mol. The van der Waals surface area contributed by atoms with E-state index in [1.807, 2.05) is 20.8 Å². The lowest BCUT2D eigenvalue weighted by Crippen LogP contribution is -2.19. The molecule has 0 aliphatic rings. The Labute approximate surface area is 155 Å². The van der Waals surface area contributed by atoms with Crippen LogP contribution in [0.1, 0.15) is 111 Å². The Morgan fingerprint density at radius 2 is 1.00 bits per heavy atom. The molecule has 25 heavy (non-hydrogen) atoms. The number of ketones is 1. The fourth-order valence-corrected chi connectivity index (χ4v) is 3.46. The minimum absolute atomic E-state index is 0.0998. The van der Waals surface area contributed by atoms with Crippen LogP contribution in [0.2, 0.25) is 0 Å². The molecule has 0 aromatic heterocycles. The second kappa shape index (κ2) is 13.7.